The highest BCUT2D eigenvalue weighted by Crippen LogP contribution is 2.34. The van der Waals surface area contributed by atoms with Crippen molar-refractivity contribution in [3.8, 4) is 28.1 Å². The number of nitrogens with one attached hydrogen (secondary N) is 1. The summed E-state index contributed by atoms with van der Waals surface area (Å²) in [6.07, 6.45) is 6.78. The summed E-state index contributed by atoms with van der Waals surface area (Å²) in [5.41, 5.74) is 5.18. The summed E-state index contributed by atoms with van der Waals surface area (Å²) in [5, 5.41) is 4.44. The molecule has 0 amide bonds. The van der Waals surface area contributed by atoms with Gasteiger partial charge >= 0.3 is 0 Å². The van der Waals surface area contributed by atoms with E-state index in [-0.39, 0.29) is 11.1 Å². The average Bonchev–Trinajstić information content (AvgIpc) is 3.49. The second-order valence-corrected chi connectivity index (χ2v) is 11.0. The molecule has 1 N–H and O–H groups in total. The Morgan fingerprint density at radius 1 is 1.03 bits per heavy atom. The Hall–Kier alpha value is -3.69. The molecule has 10 heteroatoms. The van der Waals surface area contributed by atoms with Crippen LogP contribution in [-0.2, 0) is 17.1 Å². The lowest BCUT2D eigenvalue weighted by atomic mass is 10.1. The molecule has 1 saturated carbocycles. The second-order valence-electron chi connectivity index (χ2n) is 8.65. The van der Waals surface area contributed by atoms with E-state index in [4.69, 9.17) is 11.6 Å². The predicted octanol–water partition coefficient (Wildman–Crippen LogP) is 5.05. The molecule has 0 spiro atoms. The van der Waals surface area contributed by atoms with Gasteiger partial charge in [-0.2, -0.15) is 5.10 Å². The number of imidazole rings is 1. The maximum Gasteiger partial charge on any atom is 0.236 e. The smallest absolute Gasteiger partial charge is 0.236 e. The first kappa shape index (κ1) is 21.8. The molecule has 1 aliphatic rings. The SMILES string of the molecule is Cn1cc(-c2ccc3c(c2)ncn3-c2cc(-c3ccccc3Cl)cc(NS(=O)(=O)C3CC3)n2)cn1. The fourth-order valence-electron chi connectivity index (χ4n) is 4.10. The number of benzene rings is 2. The van der Waals surface area contributed by atoms with E-state index in [1.54, 1.807) is 23.1 Å². The molecule has 3 heterocycles. The van der Waals surface area contributed by atoms with Crippen molar-refractivity contribution in [1.82, 2.24) is 24.3 Å². The Balaban J connectivity index is 1.47. The number of hydrogen-bond acceptors (Lipinski definition) is 5. The molecule has 0 bridgehead atoms. The van der Waals surface area contributed by atoms with Gasteiger partial charge in [0, 0.05) is 29.4 Å². The summed E-state index contributed by atoms with van der Waals surface area (Å²) in [6.45, 7) is 0. The molecule has 8 nitrogen and oxygen atoms in total. The summed E-state index contributed by atoms with van der Waals surface area (Å²) in [4.78, 5) is 9.22. The highest BCUT2D eigenvalue weighted by Gasteiger charge is 2.36. The van der Waals surface area contributed by atoms with Gasteiger partial charge in [0.2, 0.25) is 10.0 Å². The van der Waals surface area contributed by atoms with E-state index in [0.29, 0.717) is 23.7 Å². The molecular formula is C25H21ClN6O2S. The zero-order chi connectivity index (χ0) is 24.2. The first-order valence-corrected chi connectivity index (χ1v) is 13.0. The third-order valence-corrected chi connectivity index (χ3v) is 8.21. The molecule has 1 fully saturated rings. The molecule has 3 aromatic heterocycles. The van der Waals surface area contributed by atoms with E-state index in [1.807, 2.05) is 66.5 Å². The Bertz CT molecular complexity index is 1690. The van der Waals surface area contributed by atoms with Crippen molar-refractivity contribution in [3.05, 3.63) is 78.3 Å². The monoisotopic (exact) mass is 504 g/mol. The molecule has 0 aliphatic heterocycles. The van der Waals surface area contributed by atoms with Gasteiger partial charge in [-0.3, -0.25) is 14.0 Å². The van der Waals surface area contributed by atoms with Gasteiger partial charge in [0.05, 0.1) is 22.5 Å². The Morgan fingerprint density at radius 3 is 2.60 bits per heavy atom. The van der Waals surface area contributed by atoms with Crippen LogP contribution in [0.5, 0.6) is 0 Å². The van der Waals surface area contributed by atoms with Crippen LogP contribution < -0.4 is 4.72 Å². The van der Waals surface area contributed by atoms with Gasteiger partial charge in [-0.25, -0.2) is 18.4 Å². The van der Waals surface area contributed by atoms with Crippen LogP contribution in [-0.4, -0.2) is 38.0 Å². The predicted molar refractivity (Wildman–Crippen MR) is 137 cm³/mol. The number of hydrogen-bond donors (Lipinski definition) is 1. The summed E-state index contributed by atoms with van der Waals surface area (Å²) in [6, 6.07) is 17.0. The van der Waals surface area contributed by atoms with Gasteiger partial charge in [-0.15, -0.1) is 0 Å². The molecular weight excluding hydrogens is 484 g/mol. The molecule has 1 aliphatic carbocycles. The molecule has 2 aromatic carbocycles. The number of nitrogens with zero attached hydrogens (tertiary/aromatic N) is 5. The largest absolute Gasteiger partial charge is 0.283 e. The minimum Gasteiger partial charge on any atom is -0.283 e. The van der Waals surface area contributed by atoms with Crippen molar-refractivity contribution >= 4 is 38.5 Å². The third kappa shape index (κ3) is 4.17. The van der Waals surface area contributed by atoms with Crippen LogP contribution in [0, 0.1) is 0 Å². The summed E-state index contributed by atoms with van der Waals surface area (Å²) in [5.74, 6) is 0.783. The van der Waals surface area contributed by atoms with Crippen molar-refractivity contribution in [1.29, 1.82) is 0 Å². The fraction of sp³-hybridized carbons (Fsp3) is 0.160. The summed E-state index contributed by atoms with van der Waals surface area (Å²) in [7, 11) is -1.61. The number of halogens is 1. The standard InChI is InChI=1S/C25H21ClN6O2S/c1-31-14-18(13-28-31)16-6-9-23-22(10-16)27-15-32(23)25-12-17(20-4-2-3-5-21(20)26)11-24(29-25)30-35(33,34)19-7-8-19/h2-6,9-15,19H,7-8H2,1H3,(H,29,30). The molecule has 5 aromatic rings. The van der Waals surface area contributed by atoms with E-state index >= 15 is 0 Å². The topological polar surface area (TPSA) is 94.7 Å². The van der Waals surface area contributed by atoms with Crippen LogP contribution in [0.15, 0.2) is 73.3 Å². The van der Waals surface area contributed by atoms with Crippen LogP contribution in [0.2, 0.25) is 5.02 Å². The van der Waals surface area contributed by atoms with E-state index in [1.165, 1.54) is 0 Å². The molecule has 0 atom stereocenters. The van der Waals surface area contributed by atoms with Crippen molar-refractivity contribution < 1.29 is 8.42 Å². The highest BCUT2D eigenvalue weighted by molar-refractivity contribution is 7.93. The first-order valence-electron chi connectivity index (χ1n) is 11.1. The third-order valence-electron chi connectivity index (χ3n) is 6.04. The lowest BCUT2D eigenvalue weighted by molar-refractivity contribution is 0.600. The molecule has 0 saturated heterocycles. The molecule has 6 rings (SSSR count). The minimum absolute atomic E-state index is 0.248. The van der Waals surface area contributed by atoms with Crippen molar-refractivity contribution in [2.45, 2.75) is 18.1 Å². The van der Waals surface area contributed by atoms with Gasteiger partial charge in [0.15, 0.2) is 0 Å². The number of aromatic nitrogens is 5. The minimum atomic E-state index is -3.49. The van der Waals surface area contributed by atoms with Crippen molar-refractivity contribution in [3.63, 3.8) is 0 Å². The van der Waals surface area contributed by atoms with Crippen LogP contribution >= 0.6 is 11.6 Å². The maximum absolute atomic E-state index is 12.7. The van der Waals surface area contributed by atoms with Crippen molar-refractivity contribution in [2.75, 3.05) is 4.72 Å². The number of rotatable bonds is 6. The molecule has 176 valence electrons. The van der Waals surface area contributed by atoms with Crippen LogP contribution in [0.25, 0.3) is 39.1 Å². The first-order chi connectivity index (χ1) is 16.9. The second kappa shape index (κ2) is 8.21. The number of sulfonamides is 1. The maximum atomic E-state index is 12.7. The zero-order valence-electron chi connectivity index (χ0n) is 18.8. The quantitative estimate of drug-likeness (QED) is 0.349. The Kier molecular flexibility index (Phi) is 5.12. The van der Waals surface area contributed by atoms with Crippen molar-refractivity contribution in [2.24, 2.45) is 7.05 Å². The molecule has 35 heavy (non-hydrogen) atoms. The highest BCUT2D eigenvalue weighted by atomic mass is 35.5. The lowest BCUT2D eigenvalue weighted by Crippen LogP contribution is -2.18. The number of anilines is 1. The van der Waals surface area contributed by atoms with Gasteiger partial charge in [-0.1, -0.05) is 35.9 Å². The number of aryl methyl sites for hydroxylation is 1. The normalized spacial score (nSPS) is 13.9. The summed E-state index contributed by atoms with van der Waals surface area (Å²) >= 11 is 6.47. The molecule has 0 radical (unpaired) electrons. The van der Waals surface area contributed by atoms with Crippen LogP contribution in [0.3, 0.4) is 0 Å². The fourth-order valence-corrected chi connectivity index (χ4v) is 5.66. The van der Waals surface area contributed by atoms with Gasteiger partial charge < -0.3 is 0 Å². The van der Waals surface area contributed by atoms with Crippen LogP contribution in [0.1, 0.15) is 12.8 Å². The average molecular weight is 505 g/mol. The number of pyridine rings is 1. The van der Waals surface area contributed by atoms with Crippen LogP contribution in [0.4, 0.5) is 5.82 Å². The van der Waals surface area contributed by atoms with E-state index in [2.05, 4.69) is 19.8 Å². The zero-order valence-corrected chi connectivity index (χ0v) is 20.3. The summed E-state index contributed by atoms with van der Waals surface area (Å²) < 4.78 is 31.6. The lowest BCUT2D eigenvalue weighted by Gasteiger charge is -2.13. The van der Waals surface area contributed by atoms with Gasteiger partial charge in [0.25, 0.3) is 0 Å². The Labute approximate surface area is 207 Å². The Morgan fingerprint density at radius 2 is 1.86 bits per heavy atom. The number of fused-ring (bicyclic) bond motifs is 1. The molecule has 0 unspecified atom stereocenters. The van der Waals surface area contributed by atoms with Gasteiger partial charge in [-0.05, 0) is 54.3 Å². The van der Waals surface area contributed by atoms with Gasteiger partial charge in [0.1, 0.15) is 18.0 Å². The van der Waals surface area contributed by atoms with E-state index in [0.717, 1.165) is 33.3 Å². The van der Waals surface area contributed by atoms with E-state index < -0.39 is 10.0 Å². The van der Waals surface area contributed by atoms with E-state index in [9.17, 15) is 8.42 Å².